The van der Waals surface area contributed by atoms with Gasteiger partial charge in [0, 0.05) is 13.8 Å². The van der Waals surface area contributed by atoms with E-state index in [9.17, 15) is 9.59 Å². The highest BCUT2D eigenvalue weighted by Gasteiger charge is 2.70. The first-order chi connectivity index (χ1) is 17.4. The van der Waals surface area contributed by atoms with Gasteiger partial charge < -0.3 is 9.47 Å². The van der Waals surface area contributed by atoms with Gasteiger partial charge in [-0.25, -0.2) is 0 Å². The first-order valence-electron chi connectivity index (χ1n) is 15.5. The van der Waals surface area contributed by atoms with Crippen LogP contribution in [0.5, 0.6) is 0 Å². The van der Waals surface area contributed by atoms with Crippen molar-refractivity contribution < 1.29 is 19.1 Å². The lowest BCUT2D eigenvalue weighted by Gasteiger charge is -2.74. The van der Waals surface area contributed by atoms with E-state index in [2.05, 4.69) is 55.4 Å². The molecule has 0 aromatic heterocycles. The minimum Gasteiger partial charge on any atom is -0.454 e. The van der Waals surface area contributed by atoms with E-state index in [1.165, 1.54) is 65.2 Å². The molecule has 0 aromatic rings. The van der Waals surface area contributed by atoms with Crippen molar-refractivity contribution in [3.63, 3.8) is 0 Å². The van der Waals surface area contributed by atoms with Crippen molar-refractivity contribution in [3.8, 4) is 0 Å². The number of hydrogen-bond acceptors (Lipinski definition) is 4. The number of carbonyl (C=O) groups excluding carboxylic acids is 2. The third-order valence-corrected chi connectivity index (χ3v) is 14.1. The Morgan fingerprint density at radius 1 is 0.737 bits per heavy atom. The Balaban J connectivity index is 1.56. The molecule has 9 atom stereocenters. The summed E-state index contributed by atoms with van der Waals surface area (Å²) in [4.78, 5) is 24.2. The molecule has 38 heavy (non-hydrogen) atoms. The molecule has 4 nitrogen and oxygen atoms in total. The zero-order valence-electron chi connectivity index (χ0n) is 26.0. The van der Waals surface area contributed by atoms with E-state index in [4.69, 9.17) is 9.47 Å². The highest BCUT2D eigenvalue weighted by atomic mass is 16.6. The molecular formula is C34H54O4. The summed E-state index contributed by atoms with van der Waals surface area (Å²) in [6, 6.07) is 0. The Labute approximate surface area is 232 Å². The van der Waals surface area contributed by atoms with Gasteiger partial charge in [-0.05, 0) is 127 Å². The van der Waals surface area contributed by atoms with Gasteiger partial charge in [0.15, 0.2) is 6.10 Å². The monoisotopic (exact) mass is 526 g/mol. The quantitative estimate of drug-likeness (QED) is 0.338. The molecule has 0 saturated heterocycles. The smallest absolute Gasteiger partial charge is 0.307 e. The molecule has 0 heterocycles. The third kappa shape index (κ3) is 3.80. The van der Waals surface area contributed by atoms with E-state index in [1.807, 2.05) is 0 Å². The van der Waals surface area contributed by atoms with Gasteiger partial charge in [0.1, 0.15) is 5.76 Å². The minimum absolute atomic E-state index is 0.0488. The fourth-order valence-corrected chi connectivity index (χ4v) is 11.5. The van der Waals surface area contributed by atoms with Gasteiger partial charge in [0.25, 0.3) is 0 Å². The summed E-state index contributed by atoms with van der Waals surface area (Å²) in [5, 5.41) is 0. The zero-order valence-corrected chi connectivity index (χ0v) is 26.0. The molecule has 4 fully saturated rings. The van der Waals surface area contributed by atoms with Gasteiger partial charge in [-0.15, -0.1) is 0 Å². The van der Waals surface area contributed by atoms with Crippen LogP contribution in [0.25, 0.3) is 0 Å². The Morgan fingerprint density at radius 2 is 1.34 bits per heavy atom. The number of fused-ring (bicyclic) bond motifs is 7. The Morgan fingerprint density at radius 3 is 1.97 bits per heavy atom. The Bertz CT molecular complexity index is 1060. The second kappa shape index (κ2) is 8.59. The number of ether oxygens (including phenoxy) is 2. The van der Waals surface area contributed by atoms with Gasteiger partial charge in [-0.3, -0.25) is 9.59 Å². The SMILES string of the molecule is CC(=O)OC1=C(C)[C@@]2(C)CC[C@H]3[C@@](C)(CC[C@@]4(C)[C@@H]5CC(C)(C)CC[C@]5(C)CC[C@]34C)[C@@H]2C[C@H]1OC(C)=O. The molecule has 5 rings (SSSR count). The first-order valence-corrected chi connectivity index (χ1v) is 15.5. The van der Waals surface area contributed by atoms with Gasteiger partial charge >= 0.3 is 11.9 Å². The third-order valence-electron chi connectivity index (χ3n) is 14.1. The van der Waals surface area contributed by atoms with Crippen molar-refractivity contribution in [1.29, 1.82) is 0 Å². The molecule has 0 aromatic carbocycles. The fourth-order valence-electron chi connectivity index (χ4n) is 11.5. The fraction of sp³-hybridized carbons (Fsp3) is 0.882. The summed E-state index contributed by atoms with van der Waals surface area (Å²) in [6.45, 7) is 23.0. The van der Waals surface area contributed by atoms with Crippen LogP contribution in [-0.2, 0) is 19.1 Å². The van der Waals surface area contributed by atoms with Crippen LogP contribution in [0.2, 0.25) is 0 Å². The molecule has 4 saturated carbocycles. The molecule has 0 spiro atoms. The lowest BCUT2D eigenvalue weighted by Crippen LogP contribution is -2.67. The van der Waals surface area contributed by atoms with Gasteiger partial charge in [0.2, 0.25) is 0 Å². The van der Waals surface area contributed by atoms with Crippen molar-refractivity contribution in [2.45, 2.75) is 140 Å². The molecular weight excluding hydrogens is 472 g/mol. The molecule has 0 radical (unpaired) electrons. The van der Waals surface area contributed by atoms with Crippen molar-refractivity contribution in [1.82, 2.24) is 0 Å². The number of carbonyl (C=O) groups is 2. The van der Waals surface area contributed by atoms with Crippen molar-refractivity contribution in [2.75, 3.05) is 0 Å². The lowest BCUT2D eigenvalue weighted by atomic mass is 9.30. The van der Waals surface area contributed by atoms with E-state index in [0.717, 1.165) is 24.3 Å². The van der Waals surface area contributed by atoms with Crippen LogP contribution < -0.4 is 0 Å². The molecule has 0 N–H and O–H groups in total. The highest BCUT2D eigenvalue weighted by molar-refractivity contribution is 5.69. The molecule has 4 heteroatoms. The summed E-state index contributed by atoms with van der Waals surface area (Å²) in [6.07, 6.45) is 11.9. The average Bonchev–Trinajstić information content (AvgIpc) is 2.80. The maximum Gasteiger partial charge on any atom is 0.307 e. The second-order valence-electron chi connectivity index (χ2n) is 16.4. The van der Waals surface area contributed by atoms with Gasteiger partial charge in [-0.1, -0.05) is 48.5 Å². The Hall–Kier alpha value is -1.32. The predicted octanol–water partition coefficient (Wildman–Crippen LogP) is 8.63. The number of allylic oxidation sites excluding steroid dienone is 1. The highest BCUT2D eigenvalue weighted by Crippen LogP contribution is 2.78. The van der Waals surface area contributed by atoms with Crippen molar-refractivity contribution in [2.24, 2.45) is 50.2 Å². The minimum atomic E-state index is -0.472. The number of rotatable bonds is 2. The van der Waals surface area contributed by atoms with Crippen LogP contribution in [-0.4, -0.2) is 18.0 Å². The first kappa shape index (κ1) is 28.2. The molecule has 0 unspecified atom stereocenters. The molecule has 0 aliphatic heterocycles. The van der Waals surface area contributed by atoms with Gasteiger partial charge in [-0.2, -0.15) is 0 Å². The van der Waals surface area contributed by atoms with Crippen LogP contribution in [0.3, 0.4) is 0 Å². The normalized spacial score (nSPS) is 49.6. The number of esters is 2. The average molecular weight is 527 g/mol. The van der Waals surface area contributed by atoms with Crippen molar-refractivity contribution in [3.05, 3.63) is 11.3 Å². The Kier molecular flexibility index (Phi) is 6.38. The molecule has 0 bridgehead atoms. The topological polar surface area (TPSA) is 52.6 Å². The maximum atomic E-state index is 12.2. The van der Waals surface area contributed by atoms with Crippen LogP contribution in [0, 0.1) is 50.2 Å². The van der Waals surface area contributed by atoms with Crippen LogP contribution in [0.1, 0.15) is 133 Å². The van der Waals surface area contributed by atoms with E-state index in [1.54, 1.807) is 0 Å². The van der Waals surface area contributed by atoms with E-state index >= 15 is 0 Å². The number of hydrogen-bond donors (Lipinski definition) is 0. The van der Waals surface area contributed by atoms with Crippen molar-refractivity contribution >= 4 is 11.9 Å². The molecule has 5 aliphatic rings. The van der Waals surface area contributed by atoms with E-state index in [0.29, 0.717) is 39.3 Å². The molecule has 5 aliphatic carbocycles. The van der Waals surface area contributed by atoms with Gasteiger partial charge in [0.05, 0.1) is 0 Å². The maximum absolute atomic E-state index is 12.2. The van der Waals surface area contributed by atoms with Crippen LogP contribution in [0.4, 0.5) is 0 Å². The summed E-state index contributed by atoms with van der Waals surface area (Å²) < 4.78 is 11.7. The summed E-state index contributed by atoms with van der Waals surface area (Å²) in [7, 11) is 0. The van der Waals surface area contributed by atoms with E-state index < -0.39 is 6.10 Å². The lowest BCUT2D eigenvalue weighted by molar-refractivity contribution is -0.251. The summed E-state index contributed by atoms with van der Waals surface area (Å²) in [5.41, 5.74) is 2.82. The second-order valence-corrected chi connectivity index (χ2v) is 16.4. The largest absolute Gasteiger partial charge is 0.454 e. The van der Waals surface area contributed by atoms with E-state index in [-0.39, 0.29) is 22.8 Å². The predicted molar refractivity (Wildman–Crippen MR) is 151 cm³/mol. The standard InChI is InChI=1S/C34H54O4/c1-21-28(38-23(3)36)24(37-22(2)35)19-26-31(21,7)12-11-25-32(26,8)16-18-34(10)27-20-29(4,5)13-14-30(27,6)15-17-33(25,34)9/h24-27H,11-20H2,1-10H3/t24-,25+,26-,27-,30-,31-,32-,33-,34+/m1/s1. The summed E-state index contributed by atoms with van der Waals surface area (Å²) >= 11 is 0. The van der Waals surface area contributed by atoms with Crippen LogP contribution in [0.15, 0.2) is 11.3 Å². The summed E-state index contributed by atoms with van der Waals surface area (Å²) in [5.74, 6) is 1.80. The van der Waals surface area contributed by atoms with Crippen LogP contribution >= 0.6 is 0 Å². The molecule has 0 amide bonds. The zero-order chi connectivity index (χ0) is 28.1. The molecule has 214 valence electrons.